The molecule has 1 fully saturated rings. The van der Waals surface area contributed by atoms with Gasteiger partial charge in [0.1, 0.15) is 11.3 Å². The first kappa shape index (κ1) is 25.5. The average Bonchev–Trinajstić information content (AvgIpc) is 3.39. The highest BCUT2D eigenvalue weighted by molar-refractivity contribution is 5.97. The molecule has 1 aromatic heterocycles. The Kier molecular flexibility index (Phi) is 7.45. The largest absolute Gasteiger partial charge is 0.497 e. The van der Waals surface area contributed by atoms with Crippen LogP contribution in [-0.2, 0) is 11.3 Å². The van der Waals surface area contributed by atoms with Crippen LogP contribution >= 0.6 is 0 Å². The van der Waals surface area contributed by atoms with E-state index in [0.29, 0.717) is 42.2 Å². The van der Waals surface area contributed by atoms with Gasteiger partial charge in [-0.3, -0.25) is 9.59 Å². The van der Waals surface area contributed by atoms with Crippen LogP contribution in [0.15, 0.2) is 71.1 Å². The standard InChI is InChI=1S/C31H33N3O4/c1-20-7-9-24(10-8-20)30-33-27-18-25(11-12-28(27)38-30)31(36)34-15-13-23(14-16-34)21(2)29(35)32-19-22-5-4-6-26(17-22)37-3/h4-12,17-18,21,23H,13-16,19H2,1-3H3,(H,32,35). The van der Waals surface area contributed by atoms with Gasteiger partial charge in [-0.1, -0.05) is 36.8 Å². The molecule has 1 unspecified atom stereocenters. The zero-order valence-corrected chi connectivity index (χ0v) is 22.1. The Labute approximate surface area is 222 Å². The lowest BCUT2D eigenvalue weighted by Gasteiger charge is -2.34. The molecule has 0 saturated carbocycles. The van der Waals surface area contributed by atoms with Crippen molar-refractivity contribution in [2.75, 3.05) is 20.2 Å². The maximum atomic E-state index is 13.3. The normalized spacial score (nSPS) is 14.9. The first-order valence-corrected chi connectivity index (χ1v) is 13.1. The van der Waals surface area contributed by atoms with Crippen LogP contribution in [0.5, 0.6) is 5.75 Å². The van der Waals surface area contributed by atoms with Crippen LogP contribution in [0.1, 0.15) is 41.3 Å². The van der Waals surface area contributed by atoms with E-state index in [-0.39, 0.29) is 23.7 Å². The number of hydrogen-bond acceptors (Lipinski definition) is 5. The van der Waals surface area contributed by atoms with Crippen molar-refractivity contribution in [3.05, 3.63) is 83.4 Å². The number of likely N-dealkylation sites (tertiary alicyclic amines) is 1. The van der Waals surface area contributed by atoms with Gasteiger partial charge in [0.15, 0.2) is 5.58 Å². The van der Waals surface area contributed by atoms with E-state index in [0.717, 1.165) is 29.7 Å². The van der Waals surface area contributed by atoms with Gasteiger partial charge >= 0.3 is 0 Å². The molecule has 38 heavy (non-hydrogen) atoms. The van der Waals surface area contributed by atoms with Crippen LogP contribution in [0.4, 0.5) is 0 Å². The number of fused-ring (bicyclic) bond motifs is 1. The number of nitrogens with zero attached hydrogens (tertiary/aromatic N) is 2. The van der Waals surface area contributed by atoms with Crippen LogP contribution in [-0.4, -0.2) is 41.9 Å². The molecule has 1 aliphatic rings. The van der Waals surface area contributed by atoms with Crippen LogP contribution in [0.2, 0.25) is 0 Å². The molecule has 0 bridgehead atoms. The Balaban J connectivity index is 1.17. The van der Waals surface area contributed by atoms with E-state index >= 15 is 0 Å². The number of methoxy groups -OCH3 is 1. The minimum atomic E-state index is -0.121. The molecular weight excluding hydrogens is 478 g/mol. The number of hydrogen-bond donors (Lipinski definition) is 1. The van der Waals surface area contributed by atoms with Crippen LogP contribution in [0.25, 0.3) is 22.6 Å². The van der Waals surface area contributed by atoms with Crippen LogP contribution < -0.4 is 10.1 Å². The predicted octanol–water partition coefficient (Wildman–Crippen LogP) is 5.62. The molecule has 1 saturated heterocycles. The predicted molar refractivity (Wildman–Crippen MR) is 147 cm³/mol. The molecule has 4 aromatic rings. The molecule has 7 heteroatoms. The SMILES string of the molecule is COc1cccc(CNC(=O)C(C)C2CCN(C(=O)c3ccc4oc(-c5ccc(C)cc5)nc4c3)CC2)c1. The summed E-state index contributed by atoms with van der Waals surface area (Å²) in [6.07, 6.45) is 1.59. The van der Waals surface area contributed by atoms with E-state index < -0.39 is 0 Å². The topological polar surface area (TPSA) is 84.7 Å². The fourth-order valence-electron chi connectivity index (χ4n) is 5.01. The van der Waals surface area contributed by atoms with Gasteiger partial charge in [0.25, 0.3) is 5.91 Å². The summed E-state index contributed by atoms with van der Waals surface area (Å²) in [5, 5.41) is 3.05. The van der Waals surface area contributed by atoms with E-state index in [2.05, 4.69) is 10.3 Å². The number of ether oxygens (including phenoxy) is 1. The highest BCUT2D eigenvalue weighted by Crippen LogP contribution is 2.28. The van der Waals surface area contributed by atoms with Crippen molar-refractivity contribution in [3.8, 4) is 17.2 Å². The molecule has 5 rings (SSSR count). The maximum Gasteiger partial charge on any atom is 0.253 e. The van der Waals surface area contributed by atoms with Crippen molar-refractivity contribution in [1.82, 2.24) is 15.2 Å². The summed E-state index contributed by atoms with van der Waals surface area (Å²) in [6.45, 7) is 5.74. The van der Waals surface area contributed by atoms with Crippen molar-refractivity contribution in [1.29, 1.82) is 0 Å². The maximum absolute atomic E-state index is 13.3. The molecule has 0 aliphatic carbocycles. The number of benzene rings is 3. The molecule has 2 amide bonds. The van der Waals surface area contributed by atoms with Crippen molar-refractivity contribution in [2.24, 2.45) is 11.8 Å². The zero-order valence-electron chi connectivity index (χ0n) is 22.1. The highest BCUT2D eigenvalue weighted by Gasteiger charge is 2.30. The monoisotopic (exact) mass is 511 g/mol. The second kappa shape index (κ2) is 11.1. The lowest BCUT2D eigenvalue weighted by molar-refractivity contribution is -0.126. The van der Waals surface area contributed by atoms with Gasteiger partial charge in [0.05, 0.1) is 7.11 Å². The molecule has 1 atom stereocenters. The molecule has 196 valence electrons. The van der Waals surface area contributed by atoms with Crippen LogP contribution in [0.3, 0.4) is 0 Å². The summed E-state index contributed by atoms with van der Waals surface area (Å²) < 4.78 is 11.2. The van der Waals surface area contributed by atoms with Gasteiger partial charge in [-0.2, -0.15) is 0 Å². The van der Waals surface area contributed by atoms with Gasteiger partial charge in [-0.15, -0.1) is 0 Å². The van der Waals surface area contributed by atoms with Gasteiger partial charge in [0, 0.05) is 36.7 Å². The number of rotatable bonds is 7. The Morgan fingerprint density at radius 3 is 2.58 bits per heavy atom. The number of carbonyl (C=O) groups is 2. The third kappa shape index (κ3) is 5.57. The lowest BCUT2D eigenvalue weighted by atomic mass is 9.84. The molecular formula is C31H33N3O4. The van der Waals surface area contributed by atoms with Crippen molar-refractivity contribution < 1.29 is 18.7 Å². The summed E-state index contributed by atoms with van der Waals surface area (Å²) >= 11 is 0. The second-order valence-electron chi connectivity index (χ2n) is 10.1. The van der Waals surface area contributed by atoms with Gasteiger partial charge in [-0.05, 0) is 73.7 Å². The smallest absolute Gasteiger partial charge is 0.253 e. The van der Waals surface area contributed by atoms with E-state index in [1.54, 1.807) is 19.2 Å². The fraction of sp³-hybridized carbons (Fsp3) is 0.323. The van der Waals surface area contributed by atoms with Gasteiger partial charge in [0.2, 0.25) is 11.8 Å². The van der Waals surface area contributed by atoms with E-state index in [9.17, 15) is 9.59 Å². The van der Waals surface area contributed by atoms with E-state index in [4.69, 9.17) is 9.15 Å². The number of aryl methyl sites for hydroxylation is 1. The second-order valence-corrected chi connectivity index (χ2v) is 10.1. The summed E-state index contributed by atoms with van der Waals surface area (Å²) in [5.74, 6) is 1.46. The molecule has 2 heterocycles. The summed E-state index contributed by atoms with van der Waals surface area (Å²) in [4.78, 5) is 32.6. The molecule has 0 spiro atoms. The Morgan fingerprint density at radius 1 is 1.08 bits per heavy atom. The number of aromatic nitrogens is 1. The summed E-state index contributed by atoms with van der Waals surface area (Å²) in [7, 11) is 1.63. The minimum Gasteiger partial charge on any atom is -0.497 e. The molecule has 7 nitrogen and oxygen atoms in total. The Hall–Kier alpha value is -4.13. The summed E-state index contributed by atoms with van der Waals surface area (Å²) in [5.41, 5.74) is 5.00. The van der Waals surface area contributed by atoms with Crippen LogP contribution in [0, 0.1) is 18.8 Å². The first-order valence-electron chi connectivity index (χ1n) is 13.1. The van der Waals surface area contributed by atoms with Crippen molar-refractivity contribution in [3.63, 3.8) is 0 Å². The lowest BCUT2D eigenvalue weighted by Crippen LogP contribution is -2.42. The Bertz CT molecular complexity index is 1440. The Morgan fingerprint density at radius 2 is 1.84 bits per heavy atom. The zero-order chi connectivity index (χ0) is 26.6. The molecule has 1 aliphatic heterocycles. The quantitative estimate of drug-likeness (QED) is 0.348. The minimum absolute atomic E-state index is 0.0136. The summed E-state index contributed by atoms with van der Waals surface area (Å²) in [6, 6.07) is 21.1. The van der Waals surface area contributed by atoms with Crippen molar-refractivity contribution in [2.45, 2.75) is 33.2 Å². The number of oxazole rings is 1. The third-order valence-electron chi connectivity index (χ3n) is 7.48. The van der Waals surface area contributed by atoms with E-state index in [1.165, 1.54) is 5.56 Å². The van der Waals surface area contributed by atoms with Gasteiger partial charge < -0.3 is 19.4 Å². The van der Waals surface area contributed by atoms with Gasteiger partial charge in [-0.25, -0.2) is 4.98 Å². The number of piperidine rings is 1. The first-order chi connectivity index (χ1) is 18.4. The number of nitrogens with one attached hydrogen (secondary N) is 1. The number of amides is 2. The molecule has 0 radical (unpaired) electrons. The molecule has 3 aromatic carbocycles. The molecule has 1 N–H and O–H groups in total. The van der Waals surface area contributed by atoms with Crippen molar-refractivity contribution >= 4 is 22.9 Å². The third-order valence-corrected chi connectivity index (χ3v) is 7.48. The fourth-order valence-corrected chi connectivity index (χ4v) is 5.01. The highest BCUT2D eigenvalue weighted by atomic mass is 16.5. The number of carbonyl (C=O) groups excluding carboxylic acids is 2. The average molecular weight is 512 g/mol. The van der Waals surface area contributed by atoms with E-state index in [1.807, 2.05) is 73.3 Å².